The Morgan fingerprint density at radius 1 is 1.27 bits per heavy atom. The smallest absolute Gasteiger partial charge is 0.153 e. The van der Waals surface area contributed by atoms with Crippen molar-refractivity contribution in [2.75, 3.05) is 0 Å². The highest BCUT2D eigenvalue weighted by atomic mass is 15.2. The highest BCUT2D eigenvalue weighted by Gasteiger charge is 1.95. The molecule has 0 bridgehead atoms. The van der Waals surface area contributed by atoms with Crippen LogP contribution in [0.4, 0.5) is 0 Å². The van der Waals surface area contributed by atoms with E-state index in [1.165, 1.54) is 5.56 Å². The van der Waals surface area contributed by atoms with Gasteiger partial charge in [-0.3, -0.25) is 0 Å². The number of rotatable bonds is 2. The highest BCUT2D eigenvalue weighted by Crippen LogP contribution is 2.02. The molecule has 0 aliphatic carbocycles. The van der Waals surface area contributed by atoms with Crippen LogP contribution >= 0.6 is 0 Å². The van der Waals surface area contributed by atoms with E-state index in [1.54, 1.807) is 13.1 Å². The van der Waals surface area contributed by atoms with Crippen molar-refractivity contribution in [2.45, 2.75) is 13.8 Å². The first kappa shape index (κ1) is 13.1. The van der Waals surface area contributed by atoms with Crippen molar-refractivity contribution in [3.05, 3.63) is 48.6 Å². The zero-order valence-corrected chi connectivity index (χ0v) is 9.27. The van der Waals surface area contributed by atoms with E-state index in [0.29, 0.717) is 5.84 Å². The summed E-state index contributed by atoms with van der Waals surface area (Å²) in [7, 11) is 0. The zero-order valence-electron chi connectivity index (χ0n) is 9.27. The van der Waals surface area contributed by atoms with Crippen LogP contribution in [0.2, 0.25) is 0 Å². The Morgan fingerprint density at radius 3 is 2.27 bits per heavy atom. The summed E-state index contributed by atoms with van der Waals surface area (Å²) < 4.78 is 0. The quantitative estimate of drug-likeness (QED) is 0.341. The molecule has 0 saturated heterocycles. The largest absolute Gasteiger partial charge is 0.382 e. The van der Waals surface area contributed by atoms with E-state index >= 15 is 0 Å². The molecular formula is C12H17N3. The van der Waals surface area contributed by atoms with E-state index in [-0.39, 0.29) is 0 Å². The van der Waals surface area contributed by atoms with Crippen LogP contribution in [-0.4, -0.2) is 12.1 Å². The minimum atomic E-state index is 0.443. The number of amidine groups is 1. The van der Waals surface area contributed by atoms with Gasteiger partial charge in [-0.1, -0.05) is 29.8 Å². The normalized spacial score (nSPS) is 10.9. The number of hydrogen-bond acceptors (Lipinski definition) is 2. The summed E-state index contributed by atoms with van der Waals surface area (Å²) in [5.74, 6) is 0.443. The molecule has 3 nitrogen and oxygen atoms in total. The molecule has 3 heteroatoms. The van der Waals surface area contributed by atoms with Crippen LogP contribution in [0.5, 0.6) is 0 Å². The molecule has 1 aromatic rings. The second-order valence-electron chi connectivity index (χ2n) is 2.72. The third-order valence-corrected chi connectivity index (χ3v) is 1.63. The first-order chi connectivity index (χ1) is 7.24. The van der Waals surface area contributed by atoms with Gasteiger partial charge in [-0.05, 0) is 13.8 Å². The maximum absolute atomic E-state index is 5.67. The van der Waals surface area contributed by atoms with Crippen molar-refractivity contribution < 1.29 is 0 Å². The summed E-state index contributed by atoms with van der Waals surface area (Å²) in [5, 5.41) is 7.51. The SMILES string of the molecule is C/C=N\N=C(/N)c1ccc(C)cc1.C=C. The molecule has 0 aliphatic rings. The maximum Gasteiger partial charge on any atom is 0.153 e. The van der Waals surface area contributed by atoms with Gasteiger partial charge in [0.1, 0.15) is 0 Å². The summed E-state index contributed by atoms with van der Waals surface area (Å²) in [6.45, 7) is 9.83. The Balaban J connectivity index is 0.000000921. The Morgan fingerprint density at radius 2 is 1.80 bits per heavy atom. The van der Waals surface area contributed by atoms with E-state index in [0.717, 1.165) is 5.56 Å². The Kier molecular flexibility index (Phi) is 6.55. The molecular weight excluding hydrogens is 186 g/mol. The van der Waals surface area contributed by atoms with Crippen molar-refractivity contribution in [1.29, 1.82) is 0 Å². The zero-order chi connectivity index (χ0) is 11.7. The molecule has 0 radical (unpaired) electrons. The Labute approximate surface area is 91.0 Å². The molecule has 0 saturated carbocycles. The summed E-state index contributed by atoms with van der Waals surface area (Å²) in [4.78, 5) is 0. The summed E-state index contributed by atoms with van der Waals surface area (Å²) in [6, 6.07) is 7.85. The van der Waals surface area contributed by atoms with Crippen molar-refractivity contribution in [1.82, 2.24) is 0 Å². The third-order valence-electron chi connectivity index (χ3n) is 1.63. The highest BCUT2D eigenvalue weighted by molar-refractivity contribution is 5.97. The fourth-order valence-corrected chi connectivity index (χ4v) is 0.902. The number of hydrogen-bond donors (Lipinski definition) is 1. The lowest BCUT2D eigenvalue weighted by Gasteiger charge is -1.98. The minimum Gasteiger partial charge on any atom is -0.382 e. The molecule has 2 N–H and O–H groups in total. The minimum absolute atomic E-state index is 0.443. The van der Waals surface area contributed by atoms with Crippen LogP contribution in [0.3, 0.4) is 0 Å². The molecule has 1 aromatic carbocycles. The van der Waals surface area contributed by atoms with E-state index in [4.69, 9.17) is 5.73 Å². The summed E-state index contributed by atoms with van der Waals surface area (Å²) in [6.07, 6.45) is 1.60. The summed E-state index contributed by atoms with van der Waals surface area (Å²) in [5.41, 5.74) is 7.77. The second kappa shape index (κ2) is 7.50. The van der Waals surface area contributed by atoms with Crippen LogP contribution in [0.25, 0.3) is 0 Å². The maximum atomic E-state index is 5.67. The average molecular weight is 203 g/mol. The van der Waals surface area contributed by atoms with Gasteiger partial charge in [0.25, 0.3) is 0 Å². The lowest BCUT2D eigenvalue weighted by Crippen LogP contribution is -2.12. The van der Waals surface area contributed by atoms with Gasteiger partial charge in [0.15, 0.2) is 5.84 Å². The lowest BCUT2D eigenvalue weighted by molar-refractivity contribution is 1.23. The van der Waals surface area contributed by atoms with Crippen LogP contribution in [-0.2, 0) is 0 Å². The second-order valence-corrected chi connectivity index (χ2v) is 2.72. The molecule has 0 fully saturated rings. The van der Waals surface area contributed by atoms with Crippen LogP contribution in [0.1, 0.15) is 18.1 Å². The van der Waals surface area contributed by atoms with E-state index < -0.39 is 0 Å². The molecule has 0 aliphatic heterocycles. The lowest BCUT2D eigenvalue weighted by atomic mass is 10.1. The van der Waals surface area contributed by atoms with Gasteiger partial charge >= 0.3 is 0 Å². The number of nitrogens with zero attached hydrogens (tertiary/aromatic N) is 2. The van der Waals surface area contributed by atoms with E-state index in [2.05, 4.69) is 23.4 Å². The molecule has 0 unspecified atom stereocenters. The molecule has 0 amide bonds. The number of benzene rings is 1. The van der Waals surface area contributed by atoms with Gasteiger partial charge in [-0.25, -0.2) is 0 Å². The molecule has 80 valence electrons. The van der Waals surface area contributed by atoms with Crippen molar-refractivity contribution >= 4 is 12.1 Å². The Hall–Kier alpha value is -1.90. The van der Waals surface area contributed by atoms with Gasteiger partial charge in [0.05, 0.1) is 0 Å². The monoisotopic (exact) mass is 203 g/mol. The van der Waals surface area contributed by atoms with Gasteiger partial charge in [-0.2, -0.15) is 5.10 Å². The van der Waals surface area contributed by atoms with Crippen molar-refractivity contribution in [3.8, 4) is 0 Å². The van der Waals surface area contributed by atoms with Gasteiger partial charge in [0.2, 0.25) is 0 Å². The van der Waals surface area contributed by atoms with Crippen molar-refractivity contribution in [3.63, 3.8) is 0 Å². The third kappa shape index (κ3) is 4.76. The number of nitrogens with two attached hydrogens (primary N) is 1. The van der Waals surface area contributed by atoms with E-state index in [9.17, 15) is 0 Å². The fraction of sp³-hybridized carbons (Fsp3) is 0.167. The van der Waals surface area contributed by atoms with Crippen LogP contribution < -0.4 is 5.73 Å². The molecule has 15 heavy (non-hydrogen) atoms. The van der Waals surface area contributed by atoms with Crippen LogP contribution in [0.15, 0.2) is 47.6 Å². The predicted molar refractivity (Wildman–Crippen MR) is 67.3 cm³/mol. The van der Waals surface area contributed by atoms with E-state index in [1.807, 2.05) is 31.2 Å². The average Bonchev–Trinajstić information content (AvgIpc) is 2.29. The predicted octanol–water partition coefficient (Wildman–Crippen LogP) is 2.51. The van der Waals surface area contributed by atoms with Crippen LogP contribution in [0, 0.1) is 6.92 Å². The van der Waals surface area contributed by atoms with Gasteiger partial charge < -0.3 is 5.73 Å². The standard InChI is InChI=1S/C10H13N3.C2H4/c1-3-12-13-10(11)9-6-4-8(2)5-7-9;1-2/h3-7H,1-2H3,(H2,11,13);1-2H2/b12-3-;. The molecule has 0 heterocycles. The topological polar surface area (TPSA) is 50.7 Å². The molecule has 1 rings (SSSR count). The molecule has 0 spiro atoms. The summed E-state index contributed by atoms with van der Waals surface area (Å²) >= 11 is 0. The van der Waals surface area contributed by atoms with Crippen molar-refractivity contribution in [2.24, 2.45) is 15.9 Å². The Bertz CT molecular complexity index is 336. The molecule has 0 atom stereocenters. The number of aryl methyl sites for hydroxylation is 1. The fourth-order valence-electron chi connectivity index (χ4n) is 0.902. The van der Waals surface area contributed by atoms with Gasteiger partial charge in [-0.15, -0.1) is 18.3 Å². The molecule has 0 aromatic heterocycles. The first-order valence-corrected chi connectivity index (χ1v) is 4.62. The first-order valence-electron chi connectivity index (χ1n) is 4.62. The van der Waals surface area contributed by atoms with Gasteiger partial charge in [0, 0.05) is 11.8 Å².